The molecule has 4 nitrogen and oxygen atoms in total. The minimum atomic E-state index is -1.07. The summed E-state index contributed by atoms with van der Waals surface area (Å²) >= 11 is 3.11. The van der Waals surface area contributed by atoms with Crippen LogP contribution in [-0.2, 0) is 0 Å². The molecule has 0 radical (unpaired) electrons. The van der Waals surface area contributed by atoms with Gasteiger partial charge in [0.25, 0.3) is 0 Å². The van der Waals surface area contributed by atoms with Gasteiger partial charge in [-0.25, -0.2) is 9.18 Å². The van der Waals surface area contributed by atoms with Crippen molar-refractivity contribution in [1.29, 1.82) is 0 Å². The van der Waals surface area contributed by atoms with Crippen molar-refractivity contribution in [3.8, 4) is 11.5 Å². The van der Waals surface area contributed by atoms with Crippen LogP contribution in [-0.4, -0.2) is 13.2 Å². The molecule has 1 rings (SSSR count). The maximum Gasteiger partial charge on any atom is 0.410 e. The molecule has 0 aliphatic carbocycles. The van der Waals surface area contributed by atoms with Crippen molar-refractivity contribution in [1.82, 2.24) is 0 Å². The van der Waals surface area contributed by atoms with E-state index in [0.29, 0.717) is 10.2 Å². The van der Waals surface area contributed by atoms with Crippen LogP contribution >= 0.6 is 15.9 Å². The predicted molar refractivity (Wildman–Crippen MR) is 50.9 cm³/mol. The molecular weight excluding hydrogens is 257 g/mol. The largest absolute Gasteiger partial charge is 0.495 e. The van der Waals surface area contributed by atoms with Gasteiger partial charge >= 0.3 is 6.09 Å². The van der Waals surface area contributed by atoms with Gasteiger partial charge in [-0.1, -0.05) is 0 Å². The van der Waals surface area contributed by atoms with Crippen LogP contribution in [0.25, 0.3) is 0 Å². The summed E-state index contributed by atoms with van der Waals surface area (Å²) in [6.07, 6.45) is -1.07. The van der Waals surface area contributed by atoms with E-state index in [4.69, 9.17) is 10.5 Å². The molecule has 0 fully saturated rings. The fourth-order valence-corrected chi connectivity index (χ4v) is 1.34. The van der Waals surface area contributed by atoms with Gasteiger partial charge in [-0.3, -0.25) is 0 Å². The number of hydrogen-bond donors (Lipinski definition) is 1. The maximum atomic E-state index is 13.1. The van der Waals surface area contributed by atoms with Gasteiger partial charge < -0.3 is 15.2 Å². The Hall–Kier alpha value is -1.30. The number of benzene rings is 1. The molecule has 1 aromatic carbocycles. The fraction of sp³-hybridized carbons (Fsp3) is 0.125. The van der Waals surface area contributed by atoms with Gasteiger partial charge in [0, 0.05) is 12.1 Å². The highest BCUT2D eigenvalue weighted by Crippen LogP contribution is 2.31. The molecule has 2 N–H and O–H groups in total. The quantitative estimate of drug-likeness (QED) is 0.889. The standard InChI is InChI=1S/C8H7BrFNO3/c1-13-6-3-5(10)7(2-4(6)9)14-8(11)12/h2-3H,1H3,(H2,11,12). The van der Waals surface area contributed by atoms with Gasteiger partial charge in [-0.15, -0.1) is 0 Å². The van der Waals surface area contributed by atoms with E-state index >= 15 is 0 Å². The van der Waals surface area contributed by atoms with Crippen molar-refractivity contribution in [2.24, 2.45) is 5.73 Å². The third-order valence-electron chi connectivity index (χ3n) is 1.42. The van der Waals surface area contributed by atoms with Crippen LogP contribution < -0.4 is 15.2 Å². The normalized spacial score (nSPS) is 9.64. The first-order valence-corrected chi connectivity index (χ1v) is 4.34. The molecule has 0 aliphatic rings. The second kappa shape index (κ2) is 4.28. The molecule has 76 valence electrons. The number of carbonyl (C=O) groups excluding carboxylic acids is 1. The summed E-state index contributed by atoms with van der Waals surface area (Å²) in [4.78, 5) is 10.4. The zero-order valence-electron chi connectivity index (χ0n) is 7.21. The molecule has 6 heteroatoms. The lowest BCUT2D eigenvalue weighted by Gasteiger charge is -2.06. The molecule has 0 saturated heterocycles. The second-order valence-corrected chi connectivity index (χ2v) is 3.19. The summed E-state index contributed by atoms with van der Waals surface area (Å²) in [7, 11) is 1.40. The van der Waals surface area contributed by atoms with Gasteiger partial charge in [-0.05, 0) is 15.9 Å². The molecule has 0 bridgehead atoms. The van der Waals surface area contributed by atoms with Gasteiger partial charge in [0.05, 0.1) is 11.6 Å². The summed E-state index contributed by atoms with van der Waals surface area (Å²) in [6, 6.07) is 2.35. The first-order valence-electron chi connectivity index (χ1n) is 3.55. The third-order valence-corrected chi connectivity index (χ3v) is 2.04. The molecule has 1 amide bonds. The summed E-state index contributed by atoms with van der Waals surface area (Å²) in [5.41, 5.74) is 4.74. The maximum absolute atomic E-state index is 13.1. The van der Waals surface area contributed by atoms with Crippen LogP contribution in [0.5, 0.6) is 11.5 Å². The highest BCUT2D eigenvalue weighted by molar-refractivity contribution is 9.10. The average molecular weight is 264 g/mol. The Labute approximate surface area is 87.9 Å². The van der Waals surface area contributed by atoms with E-state index in [1.165, 1.54) is 13.2 Å². The number of rotatable bonds is 2. The Kier molecular flexibility index (Phi) is 3.29. The Bertz CT molecular complexity index is 370. The Morgan fingerprint density at radius 1 is 1.50 bits per heavy atom. The predicted octanol–water partition coefficient (Wildman–Crippen LogP) is 2.05. The molecule has 0 saturated carbocycles. The lowest BCUT2D eigenvalue weighted by Crippen LogP contribution is -2.17. The van der Waals surface area contributed by atoms with Gasteiger partial charge in [0.2, 0.25) is 0 Å². The molecule has 0 atom stereocenters. The van der Waals surface area contributed by atoms with Crippen molar-refractivity contribution < 1.29 is 18.7 Å². The number of halogens is 2. The zero-order valence-corrected chi connectivity index (χ0v) is 8.80. The Morgan fingerprint density at radius 2 is 2.14 bits per heavy atom. The lowest BCUT2D eigenvalue weighted by atomic mass is 10.3. The van der Waals surface area contributed by atoms with Crippen LogP contribution in [0, 0.1) is 5.82 Å². The Balaban J connectivity index is 3.08. The molecule has 14 heavy (non-hydrogen) atoms. The summed E-state index contributed by atoms with van der Waals surface area (Å²) in [5, 5.41) is 0. The minimum absolute atomic E-state index is 0.245. The van der Waals surface area contributed by atoms with Gasteiger partial charge in [0.1, 0.15) is 5.75 Å². The monoisotopic (exact) mass is 263 g/mol. The number of nitrogens with two attached hydrogens (primary N) is 1. The van der Waals surface area contributed by atoms with Crippen LogP contribution in [0.1, 0.15) is 0 Å². The molecule has 1 aromatic rings. The zero-order chi connectivity index (χ0) is 10.7. The van der Waals surface area contributed by atoms with Crippen LogP contribution in [0.4, 0.5) is 9.18 Å². The molecule has 0 heterocycles. The summed E-state index contributed by atoms with van der Waals surface area (Å²) in [6.45, 7) is 0. The van der Waals surface area contributed by atoms with Crippen molar-refractivity contribution >= 4 is 22.0 Å². The van der Waals surface area contributed by atoms with Crippen LogP contribution in [0.3, 0.4) is 0 Å². The van der Waals surface area contributed by atoms with E-state index in [0.717, 1.165) is 6.07 Å². The van der Waals surface area contributed by atoms with E-state index in [1.807, 2.05) is 0 Å². The number of carbonyl (C=O) groups is 1. The smallest absolute Gasteiger partial charge is 0.410 e. The van der Waals surface area contributed by atoms with Crippen molar-refractivity contribution in [2.45, 2.75) is 0 Å². The topological polar surface area (TPSA) is 61.6 Å². The van der Waals surface area contributed by atoms with E-state index in [9.17, 15) is 9.18 Å². The number of methoxy groups -OCH3 is 1. The first-order chi connectivity index (χ1) is 6.54. The molecule has 0 spiro atoms. The van der Waals surface area contributed by atoms with E-state index in [-0.39, 0.29) is 5.75 Å². The van der Waals surface area contributed by atoms with E-state index in [2.05, 4.69) is 20.7 Å². The van der Waals surface area contributed by atoms with Crippen LogP contribution in [0.15, 0.2) is 16.6 Å². The van der Waals surface area contributed by atoms with E-state index in [1.54, 1.807) is 0 Å². The summed E-state index contributed by atoms with van der Waals surface area (Å²) in [5.74, 6) is -0.659. The van der Waals surface area contributed by atoms with Gasteiger partial charge in [0.15, 0.2) is 11.6 Å². The minimum Gasteiger partial charge on any atom is -0.495 e. The SMILES string of the molecule is COc1cc(F)c(OC(N)=O)cc1Br. The van der Waals surface area contributed by atoms with E-state index < -0.39 is 11.9 Å². The molecule has 0 aromatic heterocycles. The summed E-state index contributed by atoms with van der Waals surface area (Å²) < 4.78 is 22.8. The number of amides is 1. The Morgan fingerprint density at radius 3 is 2.64 bits per heavy atom. The van der Waals surface area contributed by atoms with Crippen molar-refractivity contribution in [3.05, 3.63) is 22.4 Å². The molecule has 0 aliphatic heterocycles. The van der Waals surface area contributed by atoms with Crippen LogP contribution in [0.2, 0.25) is 0 Å². The van der Waals surface area contributed by atoms with Crippen molar-refractivity contribution in [3.63, 3.8) is 0 Å². The molecule has 0 unspecified atom stereocenters. The highest BCUT2D eigenvalue weighted by atomic mass is 79.9. The third kappa shape index (κ3) is 2.35. The average Bonchev–Trinajstić information content (AvgIpc) is 2.10. The number of hydrogen-bond acceptors (Lipinski definition) is 3. The fourth-order valence-electron chi connectivity index (χ4n) is 0.853. The highest BCUT2D eigenvalue weighted by Gasteiger charge is 2.11. The first kappa shape index (κ1) is 10.8. The lowest BCUT2D eigenvalue weighted by molar-refractivity contribution is 0.208. The second-order valence-electron chi connectivity index (χ2n) is 2.34. The van der Waals surface area contributed by atoms with Gasteiger partial charge in [-0.2, -0.15) is 0 Å². The molecular formula is C8H7BrFNO3. The van der Waals surface area contributed by atoms with Crippen molar-refractivity contribution in [2.75, 3.05) is 7.11 Å². The number of ether oxygens (including phenoxy) is 2. The number of primary amides is 1.